The highest BCUT2D eigenvalue weighted by molar-refractivity contribution is 6.01. The molecule has 0 aliphatic carbocycles. The number of amides is 1. The number of carbonyl (C=O) groups is 1. The van der Waals surface area contributed by atoms with Crippen LogP contribution >= 0.6 is 0 Å². The number of nitrogen functional groups attached to an aromatic ring is 1. The largest absolute Gasteiger partial charge is 0.493 e. The fourth-order valence-corrected chi connectivity index (χ4v) is 2.14. The molecule has 0 spiro atoms. The highest BCUT2D eigenvalue weighted by atomic mass is 16.5. The van der Waals surface area contributed by atoms with Gasteiger partial charge in [0.25, 0.3) is 5.91 Å². The van der Waals surface area contributed by atoms with E-state index >= 15 is 0 Å². The summed E-state index contributed by atoms with van der Waals surface area (Å²) in [6.07, 6.45) is 3.61. The molecule has 0 bridgehead atoms. The van der Waals surface area contributed by atoms with E-state index in [-0.39, 0.29) is 5.91 Å². The maximum absolute atomic E-state index is 12.6. The number of aromatic nitrogens is 2. The molecule has 0 radical (unpaired) electrons. The normalized spacial score (nSPS) is 10.4. The van der Waals surface area contributed by atoms with E-state index < -0.39 is 0 Å². The molecule has 2 rings (SSSR count). The van der Waals surface area contributed by atoms with Crippen molar-refractivity contribution in [2.45, 2.75) is 13.5 Å². The van der Waals surface area contributed by atoms with Crippen molar-refractivity contribution in [3.63, 3.8) is 0 Å². The number of anilines is 1. The average Bonchev–Trinajstić information content (AvgIpc) is 2.84. The Balaban J connectivity index is 2.22. The van der Waals surface area contributed by atoms with Gasteiger partial charge in [0.1, 0.15) is 11.3 Å². The molecule has 1 amide bonds. The summed E-state index contributed by atoms with van der Waals surface area (Å²) in [5.41, 5.74) is 7.73. The topological polar surface area (TPSA) is 73.4 Å². The molecule has 0 aliphatic rings. The molecule has 0 aliphatic heterocycles. The number of hydrogen-bond donors (Lipinski definition) is 1. The summed E-state index contributed by atoms with van der Waals surface area (Å²) in [4.78, 5) is 14.2. The van der Waals surface area contributed by atoms with Gasteiger partial charge in [-0.05, 0) is 19.1 Å². The molecule has 0 unspecified atom stereocenters. The lowest BCUT2D eigenvalue weighted by atomic mass is 10.1. The third-order valence-corrected chi connectivity index (χ3v) is 3.10. The number of hydrogen-bond acceptors (Lipinski definition) is 4. The van der Waals surface area contributed by atoms with Gasteiger partial charge in [-0.15, -0.1) is 0 Å². The van der Waals surface area contributed by atoms with Crippen LogP contribution in [0.5, 0.6) is 5.75 Å². The number of aryl methyl sites for hydroxylation is 1. The Kier molecular flexibility index (Phi) is 4.47. The van der Waals surface area contributed by atoms with E-state index in [0.29, 0.717) is 30.2 Å². The van der Waals surface area contributed by atoms with E-state index in [1.54, 1.807) is 41.0 Å². The van der Waals surface area contributed by atoms with Crippen molar-refractivity contribution in [2.24, 2.45) is 7.05 Å². The van der Waals surface area contributed by atoms with E-state index in [1.165, 1.54) is 0 Å². The minimum Gasteiger partial charge on any atom is -0.493 e. The Bertz CT molecular complexity index is 636. The Labute approximate surface area is 124 Å². The highest BCUT2D eigenvalue weighted by Gasteiger charge is 2.20. The van der Waals surface area contributed by atoms with Gasteiger partial charge in [0.05, 0.1) is 12.8 Å². The van der Waals surface area contributed by atoms with Crippen LogP contribution in [0.1, 0.15) is 22.8 Å². The van der Waals surface area contributed by atoms with Gasteiger partial charge in [0.15, 0.2) is 0 Å². The molecule has 0 atom stereocenters. The van der Waals surface area contributed by atoms with E-state index in [9.17, 15) is 4.79 Å². The molecule has 2 aromatic rings. The van der Waals surface area contributed by atoms with Crippen LogP contribution in [0, 0.1) is 0 Å². The van der Waals surface area contributed by atoms with Gasteiger partial charge >= 0.3 is 0 Å². The predicted octanol–water partition coefficient (Wildman–Crippen LogP) is 1.67. The Hall–Kier alpha value is -2.50. The van der Waals surface area contributed by atoms with Crippen LogP contribution < -0.4 is 10.5 Å². The number of carbonyl (C=O) groups excluding carboxylic acids is 1. The molecular weight excluding hydrogens is 268 g/mol. The number of nitrogens with zero attached hydrogens (tertiary/aromatic N) is 3. The maximum Gasteiger partial charge on any atom is 0.259 e. The number of rotatable bonds is 5. The van der Waals surface area contributed by atoms with Crippen LogP contribution in [-0.2, 0) is 13.6 Å². The van der Waals surface area contributed by atoms with Crippen molar-refractivity contribution in [1.82, 2.24) is 14.7 Å². The van der Waals surface area contributed by atoms with Crippen molar-refractivity contribution in [2.75, 3.05) is 19.4 Å². The smallest absolute Gasteiger partial charge is 0.259 e. The van der Waals surface area contributed by atoms with Crippen molar-refractivity contribution >= 4 is 11.6 Å². The van der Waals surface area contributed by atoms with Crippen molar-refractivity contribution in [1.29, 1.82) is 0 Å². The molecule has 0 saturated heterocycles. The molecule has 0 fully saturated rings. The molecule has 6 nitrogen and oxygen atoms in total. The molecule has 1 aromatic heterocycles. The first-order valence-corrected chi connectivity index (χ1v) is 6.77. The van der Waals surface area contributed by atoms with Crippen LogP contribution in [0.15, 0.2) is 30.6 Å². The molecule has 1 aromatic carbocycles. The Morgan fingerprint density at radius 2 is 2.24 bits per heavy atom. The molecule has 21 heavy (non-hydrogen) atoms. The first kappa shape index (κ1) is 14.9. The molecule has 112 valence electrons. The molecular formula is C15H20N4O2. The van der Waals surface area contributed by atoms with Crippen molar-refractivity contribution < 1.29 is 9.53 Å². The highest BCUT2D eigenvalue weighted by Crippen LogP contribution is 2.26. The maximum atomic E-state index is 12.6. The lowest BCUT2D eigenvalue weighted by Gasteiger charge is -2.19. The lowest BCUT2D eigenvalue weighted by Crippen LogP contribution is -2.27. The predicted molar refractivity (Wildman–Crippen MR) is 81.0 cm³/mol. The fraction of sp³-hybridized carbons (Fsp3) is 0.333. The molecule has 6 heteroatoms. The minimum atomic E-state index is -0.166. The second kappa shape index (κ2) is 6.30. The van der Waals surface area contributed by atoms with Crippen LogP contribution in [0.4, 0.5) is 5.69 Å². The second-order valence-corrected chi connectivity index (χ2v) is 4.84. The van der Waals surface area contributed by atoms with Crippen molar-refractivity contribution in [3.8, 4) is 5.75 Å². The van der Waals surface area contributed by atoms with E-state index in [4.69, 9.17) is 10.5 Å². The zero-order valence-electron chi connectivity index (χ0n) is 12.5. The summed E-state index contributed by atoms with van der Waals surface area (Å²) >= 11 is 0. The quantitative estimate of drug-likeness (QED) is 0.849. The third-order valence-electron chi connectivity index (χ3n) is 3.10. The summed E-state index contributed by atoms with van der Waals surface area (Å²) in [5, 5.41) is 4.10. The van der Waals surface area contributed by atoms with Crippen LogP contribution in [0.2, 0.25) is 0 Å². The molecule has 1 heterocycles. The zero-order chi connectivity index (χ0) is 15.4. The van der Waals surface area contributed by atoms with E-state index in [1.807, 2.05) is 20.2 Å². The van der Waals surface area contributed by atoms with Gasteiger partial charge in [-0.1, -0.05) is 6.07 Å². The minimum absolute atomic E-state index is 0.166. The van der Waals surface area contributed by atoms with Gasteiger partial charge in [0.2, 0.25) is 0 Å². The summed E-state index contributed by atoms with van der Waals surface area (Å²) in [5.74, 6) is 0.348. The number of benzene rings is 1. The fourth-order valence-electron chi connectivity index (χ4n) is 2.14. The summed E-state index contributed by atoms with van der Waals surface area (Å²) < 4.78 is 7.20. The first-order chi connectivity index (χ1) is 10.0. The monoisotopic (exact) mass is 288 g/mol. The van der Waals surface area contributed by atoms with E-state index in [0.717, 1.165) is 5.56 Å². The lowest BCUT2D eigenvalue weighted by molar-refractivity contribution is 0.0782. The molecule has 0 saturated carbocycles. The molecule has 2 N–H and O–H groups in total. The first-order valence-electron chi connectivity index (χ1n) is 6.77. The summed E-state index contributed by atoms with van der Waals surface area (Å²) in [6.45, 7) is 2.82. The van der Waals surface area contributed by atoms with Crippen LogP contribution in [0.3, 0.4) is 0 Å². The standard InChI is InChI=1S/C15H20N4O2/c1-4-21-13-7-5-6-12(16)14(13)15(20)18(2)9-11-8-17-19(3)10-11/h5-8,10H,4,9,16H2,1-3H3. The third kappa shape index (κ3) is 3.34. The number of nitrogens with two attached hydrogens (primary N) is 1. The van der Waals surface area contributed by atoms with Gasteiger partial charge in [0, 0.05) is 38.1 Å². The number of ether oxygens (including phenoxy) is 1. The van der Waals surface area contributed by atoms with Gasteiger partial charge < -0.3 is 15.4 Å². The average molecular weight is 288 g/mol. The second-order valence-electron chi connectivity index (χ2n) is 4.84. The zero-order valence-corrected chi connectivity index (χ0v) is 12.5. The summed E-state index contributed by atoms with van der Waals surface area (Å²) in [6, 6.07) is 5.23. The van der Waals surface area contributed by atoms with Gasteiger partial charge in [-0.3, -0.25) is 9.48 Å². The van der Waals surface area contributed by atoms with Crippen molar-refractivity contribution in [3.05, 3.63) is 41.7 Å². The van der Waals surface area contributed by atoms with Gasteiger partial charge in [-0.2, -0.15) is 5.10 Å². The van der Waals surface area contributed by atoms with Crippen LogP contribution in [-0.4, -0.2) is 34.2 Å². The SMILES string of the molecule is CCOc1cccc(N)c1C(=O)N(C)Cc1cnn(C)c1. The van der Waals surface area contributed by atoms with Gasteiger partial charge in [-0.25, -0.2) is 0 Å². The Morgan fingerprint density at radius 3 is 2.86 bits per heavy atom. The van der Waals surface area contributed by atoms with Crippen LogP contribution in [0.25, 0.3) is 0 Å². The van der Waals surface area contributed by atoms with E-state index in [2.05, 4.69) is 5.10 Å². The Morgan fingerprint density at radius 1 is 1.48 bits per heavy atom. The summed E-state index contributed by atoms with van der Waals surface area (Å²) in [7, 11) is 3.57.